The van der Waals surface area contributed by atoms with Crippen molar-refractivity contribution in [2.75, 3.05) is 13.6 Å². The highest BCUT2D eigenvalue weighted by atomic mass is 19.4. The molecular weight excluding hydrogens is 255 g/mol. The molecule has 0 fully saturated rings. The van der Waals surface area contributed by atoms with Crippen molar-refractivity contribution >= 4 is 0 Å². The van der Waals surface area contributed by atoms with Crippen LogP contribution in [0.2, 0.25) is 0 Å². The maximum atomic E-state index is 12.4. The van der Waals surface area contributed by atoms with Gasteiger partial charge in [0, 0.05) is 24.2 Å². The highest BCUT2D eigenvalue weighted by molar-refractivity contribution is 5.59. The average molecular weight is 269 g/mol. The van der Waals surface area contributed by atoms with Crippen LogP contribution in [0.15, 0.2) is 30.3 Å². The van der Waals surface area contributed by atoms with Gasteiger partial charge in [-0.2, -0.15) is 18.3 Å². The summed E-state index contributed by atoms with van der Waals surface area (Å²) >= 11 is 0. The molecule has 0 radical (unpaired) electrons. The van der Waals surface area contributed by atoms with Crippen LogP contribution in [0.3, 0.4) is 0 Å². The van der Waals surface area contributed by atoms with E-state index in [-0.39, 0.29) is 0 Å². The number of aromatic amines is 1. The highest BCUT2D eigenvalue weighted by Crippen LogP contribution is 2.30. The summed E-state index contributed by atoms with van der Waals surface area (Å²) in [5.74, 6) is 0. The first kappa shape index (κ1) is 13.6. The summed E-state index contributed by atoms with van der Waals surface area (Å²) in [7, 11) is 1.85. The second kappa shape index (κ2) is 5.44. The largest absolute Gasteiger partial charge is 0.416 e. The predicted octanol–water partition coefficient (Wildman–Crippen LogP) is 2.86. The van der Waals surface area contributed by atoms with Crippen molar-refractivity contribution in [2.24, 2.45) is 0 Å². The smallest absolute Gasteiger partial charge is 0.319 e. The van der Waals surface area contributed by atoms with Crippen LogP contribution in [-0.4, -0.2) is 23.8 Å². The average Bonchev–Trinajstić information content (AvgIpc) is 2.84. The lowest BCUT2D eigenvalue weighted by atomic mass is 10.1. The molecule has 0 saturated carbocycles. The van der Waals surface area contributed by atoms with Crippen molar-refractivity contribution in [1.29, 1.82) is 0 Å². The van der Waals surface area contributed by atoms with Crippen LogP contribution in [0.5, 0.6) is 0 Å². The maximum Gasteiger partial charge on any atom is 0.416 e. The first-order chi connectivity index (χ1) is 9.00. The lowest BCUT2D eigenvalue weighted by Crippen LogP contribution is -2.10. The number of hydrogen-bond donors (Lipinski definition) is 2. The van der Waals surface area contributed by atoms with Crippen molar-refractivity contribution in [3.05, 3.63) is 41.6 Å². The first-order valence-corrected chi connectivity index (χ1v) is 5.87. The normalized spacial score (nSPS) is 11.8. The monoisotopic (exact) mass is 269 g/mol. The number of nitrogens with zero attached hydrogens (tertiary/aromatic N) is 1. The van der Waals surface area contributed by atoms with E-state index >= 15 is 0 Å². The summed E-state index contributed by atoms with van der Waals surface area (Å²) < 4.78 is 37.3. The Balaban J connectivity index is 2.16. The van der Waals surface area contributed by atoms with Gasteiger partial charge in [-0.25, -0.2) is 0 Å². The fourth-order valence-corrected chi connectivity index (χ4v) is 1.73. The minimum Gasteiger partial charge on any atom is -0.319 e. The summed E-state index contributed by atoms with van der Waals surface area (Å²) in [6.07, 6.45) is -3.51. The van der Waals surface area contributed by atoms with E-state index in [0.29, 0.717) is 11.3 Å². The predicted molar refractivity (Wildman–Crippen MR) is 66.7 cm³/mol. The van der Waals surface area contributed by atoms with Crippen LogP contribution < -0.4 is 5.32 Å². The van der Waals surface area contributed by atoms with Gasteiger partial charge in [0.1, 0.15) is 0 Å². The van der Waals surface area contributed by atoms with Crippen molar-refractivity contribution in [3.63, 3.8) is 0 Å². The molecule has 0 atom stereocenters. The molecule has 2 aromatic rings. The van der Waals surface area contributed by atoms with Crippen molar-refractivity contribution in [1.82, 2.24) is 15.5 Å². The zero-order valence-corrected chi connectivity index (χ0v) is 10.4. The molecule has 2 N–H and O–H groups in total. The molecule has 1 aromatic carbocycles. The third kappa shape index (κ3) is 3.35. The van der Waals surface area contributed by atoms with Gasteiger partial charge in [-0.1, -0.05) is 12.1 Å². The van der Waals surface area contributed by atoms with Crippen LogP contribution >= 0.6 is 0 Å². The van der Waals surface area contributed by atoms with Crippen LogP contribution in [0.1, 0.15) is 11.3 Å². The van der Waals surface area contributed by atoms with Gasteiger partial charge in [-0.05, 0) is 25.2 Å². The minimum absolute atomic E-state index is 0.651. The van der Waals surface area contributed by atoms with Gasteiger partial charge in [0.15, 0.2) is 0 Å². The maximum absolute atomic E-state index is 12.4. The number of nitrogens with one attached hydrogen (secondary N) is 2. The van der Waals surface area contributed by atoms with Gasteiger partial charge in [0.25, 0.3) is 0 Å². The second-order valence-corrected chi connectivity index (χ2v) is 4.21. The Kier molecular flexibility index (Phi) is 3.90. The summed E-state index contributed by atoms with van der Waals surface area (Å²) in [4.78, 5) is 0. The summed E-state index contributed by atoms with van der Waals surface area (Å²) in [5.41, 5.74) is 1.62. The molecule has 0 bridgehead atoms. The quantitative estimate of drug-likeness (QED) is 0.896. The van der Waals surface area contributed by atoms with Gasteiger partial charge < -0.3 is 5.32 Å². The zero-order valence-electron chi connectivity index (χ0n) is 10.4. The number of likely N-dealkylation sites (N-methyl/N-ethyl adjacent to an activating group) is 1. The Bertz CT molecular complexity index is 529. The molecule has 0 aliphatic carbocycles. The van der Waals surface area contributed by atoms with E-state index in [1.807, 2.05) is 13.1 Å². The van der Waals surface area contributed by atoms with E-state index in [1.54, 1.807) is 0 Å². The fourth-order valence-electron chi connectivity index (χ4n) is 1.73. The summed E-state index contributed by atoms with van der Waals surface area (Å²) in [5, 5.41) is 9.99. The van der Waals surface area contributed by atoms with Gasteiger partial charge in [0.05, 0.1) is 11.3 Å². The number of aromatic nitrogens is 2. The second-order valence-electron chi connectivity index (χ2n) is 4.21. The molecule has 6 heteroatoms. The molecule has 3 nitrogen and oxygen atoms in total. The van der Waals surface area contributed by atoms with Crippen molar-refractivity contribution in [2.45, 2.75) is 12.6 Å². The lowest BCUT2D eigenvalue weighted by Gasteiger charge is -2.06. The molecule has 2 rings (SSSR count). The van der Waals surface area contributed by atoms with E-state index in [1.165, 1.54) is 12.1 Å². The van der Waals surface area contributed by atoms with Crippen LogP contribution in [0.25, 0.3) is 11.3 Å². The SMILES string of the molecule is CNCCc1cc(-c2ccc(C(F)(F)F)cc2)n[nH]1. The number of hydrogen-bond acceptors (Lipinski definition) is 2. The van der Waals surface area contributed by atoms with E-state index in [2.05, 4.69) is 15.5 Å². The number of halogens is 3. The van der Waals surface area contributed by atoms with Gasteiger partial charge >= 0.3 is 6.18 Å². The van der Waals surface area contributed by atoms with Crippen molar-refractivity contribution < 1.29 is 13.2 Å². The Morgan fingerprint density at radius 1 is 1.21 bits per heavy atom. The zero-order chi connectivity index (χ0) is 13.9. The Hall–Kier alpha value is -1.82. The fraction of sp³-hybridized carbons (Fsp3) is 0.308. The number of alkyl halides is 3. The molecule has 0 spiro atoms. The van der Waals surface area contributed by atoms with Gasteiger partial charge in [-0.3, -0.25) is 5.10 Å². The summed E-state index contributed by atoms with van der Waals surface area (Å²) in [6, 6.07) is 6.84. The Morgan fingerprint density at radius 3 is 2.47 bits per heavy atom. The van der Waals surface area contributed by atoms with E-state index in [9.17, 15) is 13.2 Å². The highest BCUT2D eigenvalue weighted by Gasteiger charge is 2.30. The molecule has 1 heterocycles. The molecule has 0 aliphatic rings. The van der Waals surface area contributed by atoms with Crippen LogP contribution in [0, 0.1) is 0 Å². The van der Waals surface area contributed by atoms with E-state index in [4.69, 9.17) is 0 Å². The number of H-pyrrole nitrogens is 1. The Morgan fingerprint density at radius 2 is 1.89 bits per heavy atom. The molecule has 0 saturated heterocycles. The summed E-state index contributed by atoms with van der Waals surface area (Å²) in [6.45, 7) is 0.814. The molecular formula is C13H14F3N3. The van der Waals surface area contributed by atoms with Gasteiger partial charge in [-0.15, -0.1) is 0 Å². The lowest BCUT2D eigenvalue weighted by molar-refractivity contribution is -0.137. The van der Waals surface area contributed by atoms with Crippen molar-refractivity contribution in [3.8, 4) is 11.3 Å². The molecule has 1 aromatic heterocycles. The molecule has 0 aliphatic heterocycles. The topological polar surface area (TPSA) is 40.7 Å². The minimum atomic E-state index is -4.30. The van der Waals surface area contributed by atoms with E-state index in [0.717, 1.165) is 30.8 Å². The molecule has 102 valence electrons. The van der Waals surface area contributed by atoms with E-state index < -0.39 is 11.7 Å². The molecule has 0 unspecified atom stereocenters. The third-order valence-electron chi connectivity index (χ3n) is 2.78. The number of rotatable bonds is 4. The standard InChI is InChI=1S/C13H14F3N3/c1-17-7-6-11-8-12(19-18-11)9-2-4-10(5-3-9)13(14,15)16/h2-5,8,17H,6-7H2,1H3,(H,18,19). The number of benzene rings is 1. The first-order valence-electron chi connectivity index (χ1n) is 5.87. The van der Waals surface area contributed by atoms with Crippen LogP contribution in [-0.2, 0) is 12.6 Å². The van der Waals surface area contributed by atoms with Crippen LogP contribution in [0.4, 0.5) is 13.2 Å². The third-order valence-corrected chi connectivity index (χ3v) is 2.78. The Labute approximate surface area is 108 Å². The van der Waals surface area contributed by atoms with Gasteiger partial charge in [0.2, 0.25) is 0 Å². The molecule has 19 heavy (non-hydrogen) atoms. The molecule has 0 amide bonds.